The SMILES string of the molecule is CCOc1ccc2[nH]c(=O)c([C@@H](c3nnnn3Cc3ccc(F)cc3)N3CCCCCC3)cc2c1. The first-order chi connectivity index (χ1) is 17.1. The lowest BCUT2D eigenvalue weighted by Crippen LogP contribution is -2.36. The van der Waals surface area contributed by atoms with E-state index in [-0.39, 0.29) is 11.4 Å². The Kier molecular flexibility index (Phi) is 6.85. The van der Waals surface area contributed by atoms with Crippen molar-refractivity contribution in [2.45, 2.75) is 45.2 Å². The van der Waals surface area contributed by atoms with Crippen LogP contribution >= 0.6 is 0 Å². The van der Waals surface area contributed by atoms with Gasteiger partial charge in [0.1, 0.15) is 17.6 Å². The van der Waals surface area contributed by atoms with Crippen molar-refractivity contribution in [2.24, 2.45) is 0 Å². The van der Waals surface area contributed by atoms with Crippen molar-refractivity contribution in [3.05, 3.63) is 81.7 Å². The first kappa shape index (κ1) is 23.2. The first-order valence-electron chi connectivity index (χ1n) is 12.2. The summed E-state index contributed by atoms with van der Waals surface area (Å²) in [7, 11) is 0. The van der Waals surface area contributed by atoms with Gasteiger partial charge in [0.2, 0.25) is 0 Å². The topological polar surface area (TPSA) is 88.9 Å². The molecule has 1 fully saturated rings. The van der Waals surface area contributed by atoms with E-state index in [1.54, 1.807) is 16.8 Å². The fourth-order valence-electron chi connectivity index (χ4n) is 4.80. The number of benzene rings is 2. The molecule has 9 heteroatoms. The van der Waals surface area contributed by atoms with Crippen molar-refractivity contribution in [2.75, 3.05) is 19.7 Å². The van der Waals surface area contributed by atoms with Crippen LogP contribution in [-0.2, 0) is 6.54 Å². The molecule has 0 radical (unpaired) electrons. The highest BCUT2D eigenvalue weighted by Crippen LogP contribution is 2.30. The van der Waals surface area contributed by atoms with Gasteiger partial charge in [-0.1, -0.05) is 25.0 Å². The molecule has 0 spiro atoms. The van der Waals surface area contributed by atoms with Crippen molar-refractivity contribution in [3.8, 4) is 5.75 Å². The smallest absolute Gasteiger partial charge is 0.253 e. The summed E-state index contributed by atoms with van der Waals surface area (Å²) >= 11 is 0. The minimum Gasteiger partial charge on any atom is -0.494 e. The van der Waals surface area contributed by atoms with Gasteiger partial charge in [0, 0.05) is 16.5 Å². The van der Waals surface area contributed by atoms with Crippen LogP contribution in [-0.4, -0.2) is 49.8 Å². The van der Waals surface area contributed by atoms with Crippen molar-refractivity contribution < 1.29 is 9.13 Å². The maximum absolute atomic E-state index is 13.4. The van der Waals surface area contributed by atoms with E-state index in [1.807, 2.05) is 31.2 Å². The zero-order valence-corrected chi connectivity index (χ0v) is 19.8. The fourth-order valence-corrected chi connectivity index (χ4v) is 4.80. The molecule has 0 bridgehead atoms. The number of likely N-dealkylation sites (tertiary alicyclic amines) is 1. The Bertz CT molecular complexity index is 1340. The molecule has 182 valence electrons. The molecular weight excluding hydrogens is 447 g/mol. The number of pyridine rings is 1. The summed E-state index contributed by atoms with van der Waals surface area (Å²) in [5, 5.41) is 13.5. The molecular formula is C26H29FN6O2. The van der Waals surface area contributed by atoms with Crippen LogP contribution in [0, 0.1) is 5.82 Å². The minimum atomic E-state index is -0.410. The molecule has 2 aromatic carbocycles. The number of H-pyrrole nitrogens is 1. The maximum Gasteiger partial charge on any atom is 0.253 e. The third-order valence-electron chi connectivity index (χ3n) is 6.51. The van der Waals surface area contributed by atoms with E-state index < -0.39 is 6.04 Å². The summed E-state index contributed by atoms with van der Waals surface area (Å²) in [6, 6.07) is 13.5. The summed E-state index contributed by atoms with van der Waals surface area (Å²) in [6.45, 7) is 4.59. The number of ether oxygens (including phenoxy) is 1. The minimum absolute atomic E-state index is 0.160. The van der Waals surface area contributed by atoms with E-state index >= 15 is 0 Å². The van der Waals surface area contributed by atoms with Crippen LogP contribution in [0.3, 0.4) is 0 Å². The second-order valence-corrected chi connectivity index (χ2v) is 8.91. The highest BCUT2D eigenvalue weighted by molar-refractivity contribution is 5.80. The number of nitrogens with zero attached hydrogens (tertiary/aromatic N) is 5. The second kappa shape index (κ2) is 10.4. The fraction of sp³-hybridized carbons (Fsp3) is 0.385. The molecule has 1 atom stereocenters. The van der Waals surface area contributed by atoms with E-state index in [0.717, 1.165) is 61.0 Å². The number of aromatic amines is 1. The number of halogens is 1. The number of hydrogen-bond donors (Lipinski definition) is 1. The highest BCUT2D eigenvalue weighted by Gasteiger charge is 2.31. The Hall–Kier alpha value is -3.59. The molecule has 4 aromatic rings. The van der Waals surface area contributed by atoms with E-state index in [0.29, 0.717) is 24.5 Å². The zero-order valence-electron chi connectivity index (χ0n) is 19.8. The average molecular weight is 477 g/mol. The molecule has 35 heavy (non-hydrogen) atoms. The Morgan fingerprint density at radius 2 is 1.83 bits per heavy atom. The predicted octanol–water partition coefficient (Wildman–Crippen LogP) is 4.07. The van der Waals surface area contributed by atoms with Gasteiger partial charge in [-0.05, 0) is 85.2 Å². The van der Waals surface area contributed by atoms with Crippen LogP contribution in [0.1, 0.15) is 55.6 Å². The van der Waals surface area contributed by atoms with Gasteiger partial charge in [0.15, 0.2) is 5.82 Å². The molecule has 0 saturated carbocycles. The lowest BCUT2D eigenvalue weighted by Gasteiger charge is -2.29. The summed E-state index contributed by atoms with van der Waals surface area (Å²) in [6.07, 6.45) is 4.43. The number of fused-ring (bicyclic) bond motifs is 1. The average Bonchev–Trinajstić information content (AvgIpc) is 3.13. The molecule has 0 aliphatic carbocycles. The molecule has 0 amide bonds. The number of hydrogen-bond acceptors (Lipinski definition) is 6. The number of nitrogens with one attached hydrogen (secondary N) is 1. The summed E-state index contributed by atoms with van der Waals surface area (Å²) in [5.74, 6) is 1.06. The summed E-state index contributed by atoms with van der Waals surface area (Å²) in [5.41, 5.74) is 2.07. The van der Waals surface area contributed by atoms with Crippen LogP contribution in [0.15, 0.2) is 53.3 Å². The van der Waals surface area contributed by atoms with Gasteiger partial charge >= 0.3 is 0 Å². The molecule has 1 aliphatic heterocycles. The largest absolute Gasteiger partial charge is 0.494 e. The van der Waals surface area contributed by atoms with Crippen LogP contribution in [0.5, 0.6) is 5.75 Å². The molecule has 0 unspecified atom stereocenters. The Labute approximate surface area is 202 Å². The monoisotopic (exact) mass is 476 g/mol. The molecule has 1 saturated heterocycles. The van der Waals surface area contributed by atoms with E-state index in [2.05, 4.69) is 25.4 Å². The van der Waals surface area contributed by atoms with Crippen LogP contribution < -0.4 is 10.3 Å². The maximum atomic E-state index is 13.4. The molecule has 1 N–H and O–H groups in total. The quantitative estimate of drug-likeness (QED) is 0.433. The van der Waals surface area contributed by atoms with E-state index in [4.69, 9.17) is 4.74 Å². The van der Waals surface area contributed by atoms with Gasteiger partial charge < -0.3 is 9.72 Å². The number of aromatic nitrogens is 5. The van der Waals surface area contributed by atoms with Crippen molar-refractivity contribution in [3.63, 3.8) is 0 Å². The van der Waals surface area contributed by atoms with Crippen molar-refractivity contribution in [1.82, 2.24) is 30.1 Å². The third kappa shape index (κ3) is 5.09. The lowest BCUT2D eigenvalue weighted by atomic mass is 10.0. The first-order valence-corrected chi connectivity index (χ1v) is 12.2. The molecule has 1 aliphatic rings. The van der Waals surface area contributed by atoms with Gasteiger partial charge in [-0.25, -0.2) is 9.07 Å². The standard InChI is InChI=1S/C26H29FN6O2/c1-2-35-21-11-12-23-19(15-21)16-22(26(34)28-23)24(32-13-5-3-4-6-14-32)25-29-30-31-33(25)17-18-7-9-20(27)10-8-18/h7-12,15-16,24H,2-6,13-14,17H2,1H3,(H,28,34)/t24-/m0/s1. The summed E-state index contributed by atoms with van der Waals surface area (Å²) in [4.78, 5) is 18.7. The van der Waals surface area contributed by atoms with Gasteiger partial charge in [-0.2, -0.15) is 0 Å². The van der Waals surface area contributed by atoms with Gasteiger partial charge in [-0.15, -0.1) is 5.10 Å². The molecule has 3 heterocycles. The third-order valence-corrected chi connectivity index (χ3v) is 6.51. The van der Waals surface area contributed by atoms with Crippen LogP contribution in [0.4, 0.5) is 4.39 Å². The van der Waals surface area contributed by atoms with E-state index in [9.17, 15) is 9.18 Å². The van der Waals surface area contributed by atoms with Crippen molar-refractivity contribution >= 4 is 10.9 Å². The van der Waals surface area contributed by atoms with Gasteiger partial charge in [0.25, 0.3) is 5.56 Å². The number of rotatable bonds is 7. The number of tetrazole rings is 1. The van der Waals surface area contributed by atoms with Gasteiger partial charge in [0.05, 0.1) is 13.2 Å². The van der Waals surface area contributed by atoms with Crippen molar-refractivity contribution in [1.29, 1.82) is 0 Å². The summed E-state index contributed by atoms with van der Waals surface area (Å²) < 4.78 is 20.8. The van der Waals surface area contributed by atoms with Crippen LogP contribution in [0.25, 0.3) is 10.9 Å². The molecule has 8 nitrogen and oxygen atoms in total. The molecule has 2 aromatic heterocycles. The van der Waals surface area contributed by atoms with E-state index in [1.165, 1.54) is 12.1 Å². The Morgan fingerprint density at radius 1 is 1.06 bits per heavy atom. The normalized spacial score (nSPS) is 15.7. The Balaban J connectivity index is 1.60. The zero-order chi connectivity index (χ0) is 24.2. The van der Waals surface area contributed by atoms with Crippen LogP contribution in [0.2, 0.25) is 0 Å². The van der Waals surface area contributed by atoms with Gasteiger partial charge in [-0.3, -0.25) is 9.69 Å². The highest BCUT2D eigenvalue weighted by atomic mass is 19.1. The lowest BCUT2D eigenvalue weighted by molar-refractivity contribution is 0.220. The second-order valence-electron chi connectivity index (χ2n) is 8.91. The molecule has 5 rings (SSSR count). The predicted molar refractivity (Wildman–Crippen MR) is 131 cm³/mol. The Morgan fingerprint density at radius 3 is 2.57 bits per heavy atom.